The monoisotopic (exact) mass is 396 g/mol. The van der Waals surface area contributed by atoms with Crippen LogP contribution in [0.15, 0.2) is 48.8 Å². The quantitative estimate of drug-likeness (QED) is 0.665. The summed E-state index contributed by atoms with van der Waals surface area (Å²) in [5, 5.41) is 1.61. The van der Waals surface area contributed by atoms with Crippen LogP contribution < -0.4 is 0 Å². The van der Waals surface area contributed by atoms with E-state index < -0.39 is 0 Å². The van der Waals surface area contributed by atoms with Crippen LogP contribution in [-0.2, 0) is 4.79 Å². The van der Waals surface area contributed by atoms with E-state index in [1.165, 1.54) is 0 Å². The summed E-state index contributed by atoms with van der Waals surface area (Å²) in [7, 11) is 0. The first kappa shape index (κ1) is 19.0. The highest BCUT2D eigenvalue weighted by Gasteiger charge is 2.26. The summed E-state index contributed by atoms with van der Waals surface area (Å²) >= 11 is 5.99. The van der Waals surface area contributed by atoms with E-state index in [0.29, 0.717) is 11.6 Å². The Morgan fingerprint density at radius 3 is 2.68 bits per heavy atom. The Kier molecular flexibility index (Phi) is 5.64. The third-order valence-corrected chi connectivity index (χ3v) is 5.92. The maximum Gasteiger partial charge on any atom is 0.223 e. The molecule has 146 valence electrons. The van der Waals surface area contributed by atoms with E-state index in [1.54, 1.807) is 12.3 Å². The lowest BCUT2D eigenvalue weighted by Gasteiger charge is -2.34. The van der Waals surface area contributed by atoms with Crippen LogP contribution in [0.25, 0.3) is 10.9 Å². The average molecular weight is 397 g/mol. The molecule has 4 rings (SSSR count). The van der Waals surface area contributed by atoms with Crippen molar-refractivity contribution in [3.05, 3.63) is 65.1 Å². The summed E-state index contributed by atoms with van der Waals surface area (Å²) in [5.41, 5.74) is 3.21. The van der Waals surface area contributed by atoms with Gasteiger partial charge in [-0.25, -0.2) is 4.98 Å². The molecule has 6 heteroatoms. The van der Waals surface area contributed by atoms with Crippen LogP contribution in [0.3, 0.4) is 0 Å². The standard InChI is InChI=1S/C22H25ClN4O/c1-2-26-9-11-27(12-10-26)22(28)13-18(16-7-8-21(23)25-14-16)19-15-24-20-6-4-3-5-17(19)20/h3-8,14-15,18,24H,2,9-13H2,1H3/t18-/m1/s1. The van der Waals surface area contributed by atoms with Crippen molar-refractivity contribution in [3.63, 3.8) is 0 Å². The van der Waals surface area contributed by atoms with Crippen molar-refractivity contribution >= 4 is 28.4 Å². The van der Waals surface area contributed by atoms with Gasteiger partial charge in [0.1, 0.15) is 5.15 Å². The molecule has 1 saturated heterocycles. The molecule has 1 aliphatic heterocycles. The van der Waals surface area contributed by atoms with E-state index in [0.717, 1.165) is 54.8 Å². The molecule has 1 aliphatic rings. The number of likely N-dealkylation sites (N-methyl/N-ethyl adjacent to an activating group) is 1. The van der Waals surface area contributed by atoms with Crippen molar-refractivity contribution in [2.24, 2.45) is 0 Å². The number of fused-ring (bicyclic) bond motifs is 1. The number of carbonyl (C=O) groups excluding carboxylic acids is 1. The molecule has 1 aromatic carbocycles. The van der Waals surface area contributed by atoms with Gasteiger partial charge >= 0.3 is 0 Å². The zero-order valence-corrected chi connectivity index (χ0v) is 16.8. The number of hydrogen-bond acceptors (Lipinski definition) is 3. The maximum atomic E-state index is 13.1. The minimum Gasteiger partial charge on any atom is -0.361 e. The molecule has 1 fully saturated rings. The summed E-state index contributed by atoms with van der Waals surface area (Å²) in [5.74, 6) is 0.138. The van der Waals surface area contributed by atoms with Crippen LogP contribution >= 0.6 is 11.6 Å². The van der Waals surface area contributed by atoms with Gasteiger partial charge in [0.25, 0.3) is 0 Å². The maximum absolute atomic E-state index is 13.1. The van der Waals surface area contributed by atoms with E-state index in [9.17, 15) is 4.79 Å². The second kappa shape index (κ2) is 8.33. The van der Waals surface area contributed by atoms with Crippen LogP contribution in [-0.4, -0.2) is 58.4 Å². The molecule has 0 unspecified atom stereocenters. The number of nitrogens with one attached hydrogen (secondary N) is 1. The minimum absolute atomic E-state index is 0.0578. The molecule has 0 radical (unpaired) electrons. The van der Waals surface area contributed by atoms with E-state index in [-0.39, 0.29) is 11.8 Å². The molecule has 28 heavy (non-hydrogen) atoms. The Bertz CT molecular complexity index is 945. The molecular formula is C22H25ClN4O. The molecule has 3 aromatic rings. The molecular weight excluding hydrogens is 372 g/mol. The number of aromatic nitrogens is 2. The predicted molar refractivity (Wildman–Crippen MR) is 113 cm³/mol. The van der Waals surface area contributed by atoms with Gasteiger partial charge in [0.2, 0.25) is 5.91 Å². The van der Waals surface area contributed by atoms with Gasteiger partial charge in [0, 0.05) is 61.8 Å². The van der Waals surface area contributed by atoms with Crippen LogP contribution in [0.1, 0.15) is 30.4 Å². The Hall–Kier alpha value is -2.37. The van der Waals surface area contributed by atoms with Crippen molar-refractivity contribution in [2.75, 3.05) is 32.7 Å². The fourth-order valence-electron chi connectivity index (χ4n) is 4.00. The predicted octanol–water partition coefficient (Wildman–Crippen LogP) is 3.90. The largest absolute Gasteiger partial charge is 0.361 e. The first-order valence-corrected chi connectivity index (χ1v) is 10.2. The van der Waals surface area contributed by atoms with Gasteiger partial charge in [-0.05, 0) is 29.8 Å². The number of para-hydroxylation sites is 1. The summed E-state index contributed by atoms with van der Waals surface area (Å²) < 4.78 is 0. The van der Waals surface area contributed by atoms with Crippen molar-refractivity contribution in [1.29, 1.82) is 0 Å². The zero-order chi connectivity index (χ0) is 19.5. The number of piperazine rings is 1. The topological polar surface area (TPSA) is 52.2 Å². The summed E-state index contributed by atoms with van der Waals surface area (Å²) in [4.78, 5) is 25.1. The van der Waals surface area contributed by atoms with Gasteiger partial charge < -0.3 is 14.8 Å². The van der Waals surface area contributed by atoms with Crippen molar-refractivity contribution in [1.82, 2.24) is 19.8 Å². The molecule has 0 saturated carbocycles. The van der Waals surface area contributed by atoms with Crippen LogP contribution in [0.5, 0.6) is 0 Å². The highest BCUT2D eigenvalue weighted by atomic mass is 35.5. The lowest BCUT2D eigenvalue weighted by atomic mass is 9.88. The number of amides is 1. The molecule has 0 spiro atoms. The zero-order valence-electron chi connectivity index (χ0n) is 16.1. The van der Waals surface area contributed by atoms with Crippen LogP contribution in [0.2, 0.25) is 5.15 Å². The Morgan fingerprint density at radius 1 is 1.18 bits per heavy atom. The first-order chi connectivity index (χ1) is 13.7. The fraction of sp³-hybridized carbons (Fsp3) is 0.364. The highest BCUT2D eigenvalue weighted by Crippen LogP contribution is 2.34. The second-order valence-corrected chi connectivity index (χ2v) is 7.66. The molecule has 0 aliphatic carbocycles. The SMILES string of the molecule is CCN1CCN(C(=O)C[C@H](c2ccc(Cl)nc2)c2c[nH]c3ccccc23)CC1. The first-order valence-electron chi connectivity index (χ1n) is 9.83. The van der Waals surface area contributed by atoms with Crippen molar-refractivity contribution < 1.29 is 4.79 Å². The van der Waals surface area contributed by atoms with E-state index in [1.807, 2.05) is 29.3 Å². The second-order valence-electron chi connectivity index (χ2n) is 7.28. The summed E-state index contributed by atoms with van der Waals surface area (Å²) in [6.45, 7) is 6.69. The van der Waals surface area contributed by atoms with Gasteiger partial charge in [-0.15, -0.1) is 0 Å². The number of rotatable bonds is 5. The normalized spacial score (nSPS) is 16.4. The van der Waals surface area contributed by atoms with E-state index in [2.05, 4.69) is 33.9 Å². The van der Waals surface area contributed by atoms with Gasteiger partial charge in [-0.3, -0.25) is 4.79 Å². The number of nitrogens with zero attached hydrogens (tertiary/aromatic N) is 3. The summed E-state index contributed by atoms with van der Waals surface area (Å²) in [6, 6.07) is 12.0. The van der Waals surface area contributed by atoms with Crippen LogP contribution in [0.4, 0.5) is 0 Å². The van der Waals surface area contributed by atoms with Gasteiger partial charge in [0.15, 0.2) is 0 Å². The molecule has 1 N–H and O–H groups in total. The molecule has 1 amide bonds. The molecule has 0 bridgehead atoms. The molecule has 3 heterocycles. The number of pyridine rings is 1. The number of halogens is 1. The van der Waals surface area contributed by atoms with Gasteiger partial charge in [-0.2, -0.15) is 0 Å². The van der Waals surface area contributed by atoms with E-state index >= 15 is 0 Å². The number of benzene rings is 1. The number of aromatic amines is 1. The molecule has 2 aromatic heterocycles. The lowest BCUT2D eigenvalue weighted by molar-refractivity contribution is -0.133. The van der Waals surface area contributed by atoms with Crippen LogP contribution in [0, 0.1) is 0 Å². The average Bonchev–Trinajstić information content (AvgIpc) is 3.16. The Balaban J connectivity index is 1.62. The number of hydrogen-bond donors (Lipinski definition) is 1. The number of carbonyl (C=O) groups is 1. The minimum atomic E-state index is -0.0578. The van der Waals surface area contributed by atoms with Crippen molar-refractivity contribution in [2.45, 2.75) is 19.3 Å². The Morgan fingerprint density at radius 2 is 1.96 bits per heavy atom. The van der Waals surface area contributed by atoms with Gasteiger partial charge in [0.05, 0.1) is 0 Å². The third-order valence-electron chi connectivity index (χ3n) is 5.70. The highest BCUT2D eigenvalue weighted by molar-refractivity contribution is 6.29. The third kappa shape index (κ3) is 3.91. The van der Waals surface area contributed by atoms with E-state index in [4.69, 9.17) is 11.6 Å². The lowest BCUT2D eigenvalue weighted by Crippen LogP contribution is -2.48. The summed E-state index contributed by atoms with van der Waals surface area (Å²) in [6.07, 6.45) is 4.24. The fourth-order valence-corrected chi connectivity index (χ4v) is 4.11. The molecule has 1 atom stereocenters. The smallest absolute Gasteiger partial charge is 0.223 e. The van der Waals surface area contributed by atoms with Gasteiger partial charge in [-0.1, -0.05) is 42.8 Å². The number of H-pyrrole nitrogens is 1. The Labute approximate surface area is 170 Å². The van der Waals surface area contributed by atoms with Crippen molar-refractivity contribution in [3.8, 4) is 0 Å². The molecule has 5 nitrogen and oxygen atoms in total.